The molecular formula is C20H21Cl2N3OS. The molecule has 0 N–H and O–H groups in total. The predicted molar refractivity (Wildman–Crippen MR) is 112 cm³/mol. The number of ether oxygens (including phenoxy) is 1. The molecule has 3 aromatic rings. The fraction of sp³-hybridized carbons (Fsp3) is 0.300. The van der Waals surface area contributed by atoms with E-state index in [1.165, 1.54) is 5.56 Å². The number of benzene rings is 2. The summed E-state index contributed by atoms with van der Waals surface area (Å²) in [5, 5.41) is 10.8. The van der Waals surface area contributed by atoms with Crippen molar-refractivity contribution < 1.29 is 4.74 Å². The lowest BCUT2D eigenvalue weighted by Gasteiger charge is -2.11. The standard InChI is InChI=1S/C20H21Cl2N3OS/c1-4-25-19(11-26-18-10-13(2)8-9-14(18)3)23-24-20(25)27-12-15-16(21)6-5-7-17(15)22/h5-10H,4,11-12H2,1-3H3. The Bertz CT molecular complexity index is 923. The number of hydrogen-bond donors (Lipinski definition) is 0. The lowest BCUT2D eigenvalue weighted by Crippen LogP contribution is -2.07. The summed E-state index contributed by atoms with van der Waals surface area (Å²) in [7, 11) is 0. The zero-order valence-electron chi connectivity index (χ0n) is 15.5. The van der Waals surface area contributed by atoms with Gasteiger partial charge >= 0.3 is 0 Å². The van der Waals surface area contributed by atoms with Gasteiger partial charge in [0.2, 0.25) is 0 Å². The Balaban J connectivity index is 1.72. The quantitative estimate of drug-likeness (QED) is 0.432. The number of rotatable bonds is 7. The zero-order valence-corrected chi connectivity index (χ0v) is 17.8. The number of aromatic nitrogens is 3. The minimum atomic E-state index is 0.374. The molecule has 0 atom stereocenters. The molecule has 0 aliphatic heterocycles. The van der Waals surface area contributed by atoms with Gasteiger partial charge in [0, 0.05) is 22.3 Å². The predicted octanol–water partition coefficient (Wildman–Crippen LogP) is 6.09. The molecule has 0 fully saturated rings. The van der Waals surface area contributed by atoms with Crippen LogP contribution in [-0.4, -0.2) is 14.8 Å². The molecular weight excluding hydrogens is 401 g/mol. The van der Waals surface area contributed by atoms with Gasteiger partial charge in [-0.2, -0.15) is 0 Å². The fourth-order valence-electron chi connectivity index (χ4n) is 2.66. The van der Waals surface area contributed by atoms with E-state index in [0.717, 1.165) is 34.4 Å². The van der Waals surface area contributed by atoms with Crippen LogP contribution >= 0.6 is 35.0 Å². The van der Waals surface area contributed by atoms with Crippen molar-refractivity contribution in [3.8, 4) is 5.75 Å². The first kappa shape index (κ1) is 20.1. The van der Waals surface area contributed by atoms with E-state index in [9.17, 15) is 0 Å². The second kappa shape index (κ2) is 9.00. The smallest absolute Gasteiger partial charge is 0.191 e. The van der Waals surface area contributed by atoms with Crippen molar-refractivity contribution in [3.63, 3.8) is 0 Å². The van der Waals surface area contributed by atoms with Gasteiger partial charge in [0.1, 0.15) is 12.4 Å². The largest absolute Gasteiger partial charge is 0.485 e. The van der Waals surface area contributed by atoms with Crippen molar-refractivity contribution in [2.75, 3.05) is 0 Å². The molecule has 0 radical (unpaired) electrons. The first-order chi connectivity index (χ1) is 13.0. The van der Waals surface area contributed by atoms with Crippen LogP contribution in [0.15, 0.2) is 41.6 Å². The van der Waals surface area contributed by atoms with Gasteiger partial charge in [-0.05, 0) is 55.7 Å². The summed E-state index contributed by atoms with van der Waals surface area (Å²) >= 11 is 14.1. The third-order valence-corrected chi connectivity index (χ3v) is 5.92. The van der Waals surface area contributed by atoms with Crippen molar-refractivity contribution >= 4 is 35.0 Å². The Morgan fingerprint density at radius 3 is 2.52 bits per heavy atom. The summed E-state index contributed by atoms with van der Waals surface area (Å²) in [6.45, 7) is 7.29. The van der Waals surface area contributed by atoms with E-state index in [1.54, 1.807) is 11.8 Å². The van der Waals surface area contributed by atoms with Crippen LogP contribution in [0.25, 0.3) is 0 Å². The molecule has 0 saturated heterocycles. The Morgan fingerprint density at radius 1 is 1.07 bits per heavy atom. The number of aryl methyl sites for hydroxylation is 2. The molecule has 27 heavy (non-hydrogen) atoms. The van der Waals surface area contributed by atoms with E-state index in [0.29, 0.717) is 22.4 Å². The average molecular weight is 422 g/mol. The monoisotopic (exact) mass is 421 g/mol. The molecule has 4 nitrogen and oxygen atoms in total. The molecule has 0 aliphatic rings. The lowest BCUT2D eigenvalue weighted by atomic mass is 10.1. The van der Waals surface area contributed by atoms with Gasteiger partial charge in [-0.1, -0.05) is 53.2 Å². The van der Waals surface area contributed by atoms with Crippen LogP contribution in [0.3, 0.4) is 0 Å². The summed E-state index contributed by atoms with van der Waals surface area (Å²) in [5.74, 6) is 2.30. The summed E-state index contributed by atoms with van der Waals surface area (Å²) in [5.41, 5.74) is 3.18. The van der Waals surface area contributed by atoms with Crippen molar-refractivity contribution in [1.29, 1.82) is 0 Å². The van der Waals surface area contributed by atoms with E-state index >= 15 is 0 Å². The molecule has 0 amide bonds. The maximum atomic E-state index is 6.26. The Labute approximate surface area is 173 Å². The third-order valence-electron chi connectivity index (χ3n) is 4.22. The molecule has 0 saturated carbocycles. The van der Waals surface area contributed by atoms with Crippen molar-refractivity contribution in [2.24, 2.45) is 0 Å². The van der Waals surface area contributed by atoms with Crippen LogP contribution in [-0.2, 0) is 18.9 Å². The van der Waals surface area contributed by atoms with Crippen LogP contribution in [0.2, 0.25) is 10.0 Å². The van der Waals surface area contributed by atoms with Gasteiger partial charge < -0.3 is 9.30 Å². The summed E-state index contributed by atoms with van der Waals surface area (Å²) in [4.78, 5) is 0. The topological polar surface area (TPSA) is 39.9 Å². The molecule has 2 aromatic carbocycles. The van der Waals surface area contributed by atoms with Gasteiger partial charge in [0.05, 0.1) is 0 Å². The van der Waals surface area contributed by atoms with Crippen molar-refractivity contribution in [3.05, 3.63) is 69.0 Å². The van der Waals surface area contributed by atoms with E-state index in [4.69, 9.17) is 27.9 Å². The zero-order chi connectivity index (χ0) is 19.4. The van der Waals surface area contributed by atoms with Crippen LogP contribution in [0.4, 0.5) is 0 Å². The summed E-state index contributed by atoms with van der Waals surface area (Å²) in [6, 6.07) is 11.7. The Kier molecular flexibility index (Phi) is 6.68. The molecule has 0 bridgehead atoms. The second-order valence-electron chi connectivity index (χ2n) is 6.19. The first-order valence-corrected chi connectivity index (χ1v) is 10.4. The van der Waals surface area contributed by atoms with E-state index < -0.39 is 0 Å². The minimum absolute atomic E-state index is 0.374. The average Bonchev–Trinajstić information content (AvgIpc) is 3.04. The summed E-state index contributed by atoms with van der Waals surface area (Å²) in [6.07, 6.45) is 0. The van der Waals surface area contributed by atoms with Gasteiger partial charge in [0.15, 0.2) is 11.0 Å². The molecule has 7 heteroatoms. The maximum Gasteiger partial charge on any atom is 0.191 e. The third kappa shape index (κ3) is 4.78. The highest BCUT2D eigenvalue weighted by Gasteiger charge is 2.14. The number of hydrogen-bond acceptors (Lipinski definition) is 4. The van der Waals surface area contributed by atoms with E-state index in [-0.39, 0.29) is 0 Å². The minimum Gasteiger partial charge on any atom is -0.485 e. The van der Waals surface area contributed by atoms with Crippen molar-refractivity contribution in [1.82, 2.24) is 14.8 Å². The van der Waals surface area contributed by atoms with Crippen LogP contribution < -0.4 is 4.74 Å². The van der Waals surface area contributed by atoms with Crippen LogP contribution in [0, 0.1) is 13.8 Å². The molecule has 1 aromatic heterocycles. The van der Waals surface area contributed by atoms with E-state index in [2.05, 4.69) is 40.7 Å². The molecule has 0 aliphatic carbocycles. The van der Waals surface area contributed by atoms with E-state index in [1.807, 2.05) is 31.2 Å². The molecule has 142 valence electrons. The number of thioether (sulfide) groups is 1. The highest BCUT2D eigenvalue weighted by molar-refractivity contribution is 7.98. The Morgan fingerprint density at radius 2 is 1.81 bits per heavy atom. The molecule has 3 rings (SSSR count). The number of nitrogens with zero attached hydrogens (tertiary/aromatic N) is 3. The van der Waals surface area contributed by atoms with Gasteiger partial charge in [-0.3, -0.25) is 0 Å². The van der Waals surface area contributed by atoms with Gasteiger partial charge in [-0.25, -0.2) is 0 Å². The molecule has 0 spiro atoms. The second-order valence-corrected chi connectivity index (χ2v) is 7.95. The Hall–Kier alpha value is -1.69. The SMILES string of the molecule is CCn1c(COc2cc(C)ccc2C)nnc1SCc1c(Cl)cccc1Cl. The molecule has 0 unspecified atom stereocenters. The molecule has 1 heterocycles. The fourth-order valence-corrected chi connectivity index (χ4v) is 4.43. The number of halogens is 2. The highest BCUT2D eigenvalue weighted by atomic mass is 35.5. The normalized spacial score (nSPS) is 11.0. The van der Waals surface area contributed by atoms with Crippen LogP contribution in [0.1, 0.15) is 29.4 Å². The summed E-state index contributed by atoms with van der Waals surface area (Å²) < 4.78 is 8.04. The van der Waals surface area contributed by atoms with Crippen molar-refractivity contribution in [2.45, 2.75) is 44.8 Å². The van der Waals surface area contributed by atoms with Crippen LogP contribution in [0.5, 0.6) is 5.75 Å². The first-order valence-electron chi connectivity index (χ1n) is 8.67. The van der Waals surface area contributed by atoms with Gasteiger partial charge in [-0.15, -0.1) is 10.2 Å². The maximum absolute atomic E-state index is 6.26. The van der Waals surface area contributed by atoms with Gasteiger partial charge in [0.25, 0.3) is 0 Å². The lowest BCUT2D eigenvalue weighted by molar-refractivity contribution is 0.286. The highest BCUT2D eigenvalue weighted by Crippen LogP contribution is 2.31.